The summed E-state index contributed by atoms with van der Waals surface area (Å²) < 4.78 is 13.1. The van der Waals surface area contributed by atoms with Crippen LogP contribution in [0, 0.1) is 5.82 Å². The number of ketones is 1. The van der Waals surface area contributed by atoms with Crippen LogP contribution >= 0.6 is 0 Å². The van der Waals surface area contributed by atoms with Gasteiger partial charge in [-0.25, -0.2) is 4.39 Å². The van der Waals surface area contributed by atoms with Gasteiger partial charge in [-0.15, -0.1) is 0 Å². The number of aromatic nitrogens is 1. The van der Waals surface area contributed by atoms with E-state index in [0.717, 1.165) is 10.9 Å². The molecule has 0 amide bonds. The zero-order chi connectivity index (χ0) is 13.2. The van der Waals surface area contributed by atoms with E-state index in [1.807, 2.05) is 30.3 Å². The van der Waals surface area contributed by atoms with Crippen molar-refractivity contribution < 1.29 is 9.18 Å². The number of nitrogens with one attached hydrogen (secondary N) is 1. The second-order valence-electron chi connectivity index (χ2n) is 4.48. The van der Waals surface area contributed by atoms with E-state index in [1.54, 1.807) is 12.3 Å². The van der Waals surface area contributed by atoms with Crippen LogP contribution < -0.4 is 0 Å². The fraction of sp³-hybridized carbons (Fsp3) is 0.0625. The Hall–Kier alpha value is -2.42. The van der Waals surface area contributed by atoms with E-state index in [4.69, 9.17) is 0 Å². The molecule has 0 aliphatic rings. The minimum Gasteiger partial charge on any atom is -0.360 e. The molecule has 19 heavy (non-hydrogen) atoms. The van der Waals surface area contributed by atoms with Crippen LogP contribution in [0.3, 0.4) is 0 Å². The molecule has 94 valence electrons. The standard InChI is InChI=1S/C16H12FNO/c17-12-6-7-13-14(10-18-15(13)9-12)16(19)8-11-4-2-1-3-5-11/h1-7,9-10,18H,8H2. The van der Waals surface area contributed by atoms with Gasteiger partial charge in [0.15, 0.2) is 5.78 Å². The number of benzene rings is 2. The number of hydrogen-bond acceptors (Lipinski definition) is 1. The second-order valence-corrected chi connectivity index (χ2v) is 4.48. The van der Waals surface area contributed by atoms with Gasteiger partial charge in [-0.05, 0) is 23.8 Å². The van der Waals surface area contributed by atoms with Crippen molar-refractivity contribution in [3.8, 4) is 0 Å². The maximum Gasteiger partial charge on any atom is 0.169 e. The number of hydrogen-bond donors (Lipinski definition) is 1. The lowest BCUT2D eigenvalue weighted by Gasteiger charge is -2.00. The third kappa shape index (κ3) is 2.27. The number of halogens is 1. The number of carbonyl (C=O) groups excluding carboxylic acids is 1. The molecule has 0 bridgehead atoms. The fourth-order valence-corrected chi connectivity index (χ4v) is 2.21. The predicted molar refractivity (Wildman–Crippen MR) is 72.7 cm³/mol. The summed E-state index contributed by atoms with van der Waals surface area (Å²) in [5.41, 5.74) is 2.24. The summed E-state index contributed by atoms with van der Waals surface area (Å²) in [6.45, 7) is 0. The van der Waals surface area contributed by atoms with Crippen molar-refractivity contribution in [3.05, 3.63) is 71.7 Å². The Morgan fingerprint density at radius 3 is 2.68 bits per heavy atom. The summed E-state index contributed by atoms with van der Waals surface area (Å²) in [7, 11) is 0. The number of carbonyl (C=O) groups is 1. The maximum absolute atomic E-state index is 13.1. The normalized spacial score (nSPS) is 10.8. The van der Waals surface area contributed by atoms with Crippen LogP contribution in [0.2, 0.25) is 0 Å². The van der Waals surface area contributed by atoms with Gasteiger partial charge in [-0.3, -0.25) is 4.79 Å². The van der Waals surface area contributed by atoms with E-state index in [0.29, 0.717) is 17.5 Å². The number of fused-ring (bicyclic) bond motifs is 1. The molecular weight excluding hydrogens is 241 g/mol. The monoisotopic (exact) mass is 253 g/mol. The third-order valence-corrected chi connectivity index (χ3v) is 3.15. The summed E-state index contributed by atoms with van der Waals surface area (Å²) in [6.07, 6.45) is 2.00. The van der Waals surface area contributed by atoms with Crippen molar-refractivity contribution in [1.82, 2.24) is 4.98 Å². The molecule has 2 aromatic carbocycles. The van der Waals surface area contributed by atoms with Crippen LogP contribution in [0.15, 0.2) is 54.7 Å². The molecule has 0 atom stereocenters. The van der Waals surface area contributed by atoms with Crippen molar-refractivity contribution in [2.24, 2.45) is 0 Å². The van der Waals surface area contributed by atoms with Crippen molar-refractivity contribution in [1.29, 1.82) is 0 Å². The molecule has 3 heteroatoms. The van der Waals surface area contributed by atoms with Crippen molar-refractivity contribution in [2.45, 2.75) is 6.42 Å². The lowest BCUT2D eigenvalue weighted by molar-refractivity contribution is 0.0994. The van der Waals surface area contributed by atoms with Crippen LogP contribution in [0.25, 0.3) is 10.9 Å². The Morgan fingerprint density at radius 2 is 1.89 bits per heavy atom. The lowest BCUT2D eigenvalue weighted by atomic mass is 10.0. The number of Topliss-reactive ketones (excluding diaryl/α,β-unsaturated/α-hetero) is 1. The zero-order valence-corrected chi connectivity index (χ0v) is 10.2. The molecule has 0 aliphatic heterocycles. The SMILES string of the molecule is O=C(Cc1ccccc1)c1c[nH]c2cc(F)ccc12. The zero-order valence-electron chi connectivity index (χ0n) is 10.2. The van der Waals surface area contributed by atoms with Crippen LogP contribution in [0.1, 0.15) is 15.9 Å². The minimum absolute atomic E-state index is 0.0315. The molecular formula is C16H12FNO. The van der Waals surface area contributed by atoms with Gasteiger partial charge in [-0.2, -0.15) is 0 Å². The lowest BCUT2D eigenvalue weighted by Crippen LogP contribution is -2.02. The highest BCUT2D eigenvalue weighted by Gasteiger charge is 2.12. The predicted octanol–water partition coefficient (Wildman–Crippen LogP) is 3.73. The van der Waals surface area contributed by atoms with Gasteiger partial charge in [0.25, 0.3) is 0 Å². The van der Waals surface area contributed by atoms with Crippen LogP contribution in [0.5, 0.6) is 0 Å². The Kier molecular flexibility index (Phi) is 2.88. The molecule has 0 saturated carbocycles. The molecule has 2 nitrogen and oxygen atoms in total. The van der Waals surface area contributed by atoms with Gasteiger partial charge in [0.2, 0.25) is 0 Å². The average molecular weight is 253 g/mol. The van der Waals surface area contributed by atoms with Crippen molar-refractivity contribution in [2.75, 3.05) is 0 Å². The first-order valence-corrected chi connectivity index (χ1v) is 6.08. The Labute approximate surface area is 109 Å². The van der Waals surface area contributed by atoms with Gasteiger partial charge in [-0.1, -0.05) is 30.3 Å². The molecule has 1 N–H and O–H groups in total. The molecule has 0 radical (unpaired) electrons. The Morgan fingerprint density at radius 1 is 1.11 bits per heavy atom. The van der Waals surface area contributed by atoms with E-state index in [1.165, 1.54) is 12.1 Å². The van der Waals surface area contributed by atoms with Gasteiger partial charge in [0.1, 0.15) is 5.82 Å². The highest BCUT2D eigenvalue weighted by atomic mass is 19.1. The summed E-state index contributed by atoms with van der Waals surface area (Å²) in [6, 6.07) is 14.0. The van der Waals surface area contributed by atoms with Gasteiger partial charge in [0, 0.05) is 29.1 Å². The molecule has 0 aliphatic carbocycles. The summed E-state index contributed by atoms with van der Waals surface area (Å²) in [5, 5.41) is 0.766. The van der Waals surface area contributed by atoms with E-state index >= 15 is 0 Å². The van der Waals surface area contributed by atoms with E-state index in [9.17, 15) is 9.18 Å². The molecule has 1 aromatic heterocycles. The molecule has 3 aromatic rings. The van der Waals surface area contributed by atoms with E-state index < -0.39 is 0 Å². The Bertz CT molecular complexity index is 731. The minimum atomic E-state index is -0.309. The summed E-state index contributed by atoms with van der Waals surface area (Å²) >= 11 is 0. The first-order chi connectivity index (χ1) is 9.24. The first-order valence-electron chi connectivity index (χ1n) is 6.08. The first kappa shape index (κ1) is 11.7. The molecule has 0 fully saturated rings. The molecule has 3 rings (SSSR count). The van der Waals surface area contributed by atoms with E-state index in [2.05, 4.69) is 4.98 Å². The topological polar surface area (TPSA) is 32.9 Å². The van der Waals surface area contributed by atoms with Gasteiger partial charge in [0.05, 0.1) is 0 Å². The number of rotatable bonds is 3. The maximum atomic E-state index is 13.1. The number of H-pyrrole nitrogens is 1. The highest BCUT2D eigenvalue weighted by Crippen LogP contribution is 2.20. The second kappa shape index (κ2) is 4.69. The van der Waals surface area contributed by atoms with Crippen molar-refractivity contribution >= 4 is 16.7 Å². The fourth-order valence-electron chi connectivity index (χ4n) is 2.21. The van der Waals surface area contributed by atoms with Crippen molar-refractivity contribution in [3.63, 3.8) is 0 Å². The smallest absolute Gasteiger partial charge is 0.169 e. The van der Waals surface area contributed by atoms with Crippen LogP contribution in [0.4, 0.5) is 4.39 Å². The summed E-state index contributed by atoms with van der Waals surface area (Å²) in [5.74, 6) is -0.277. The Balaban J connectivity index is 1.94. The van der Waals surface area contributed by atoms with Gasteiger partial charge >= 0.3 is 0 Å². The van der Waals surface area contributed by atoms with Crippen LogP contribution in [-0.4, -0.2) is 10.8 Å². The van der Waals surface area contributed by atoms with Gasteiger partial charge < -0.3 is 4.98 Å². The largest absolute Gasteiger partial charge is 0.360 e. The van der Waals surface area contributed by atoms with E-state index in [-0.39, 0.29) is 11.6 Å². The molecule has 0 spiro atoms. The van der Waals surface area contributed by atoms with Crippen LogP contribution in [-0.2, 0) is 6.42 Å². The quantitative estimate of drug-likeness (QED) is 0.709. The summed E-state index contributed by atoms with van der Waals surface area (Å²) in [4.78, 5) is 15.2. The third-order valence-electron chi connectivity index (χ3n) is 3.15. The number of aromatic amines is 1. The average Bonchev–Trinajstić information content (AvgIpc) is 2.82. The molecule has 1 heterocycles. The highest BCUT2D eigenvalue weighted by molar-refractivity contribution is 6.08. The molecule has 0 saturated heterocycles. The molecule has 0 unspecified atom stereocenters.